The molecule has 17 heavy (non-hydrogen) atoms. The fourth-order valence-corrected chi connectivity index (χ4v) is 3.05. The van der Waals surface area contributed by atoms with Gasteiger partial charge in [0.15, 0.2) is 0 Å². The summed E-state index contributed by atoms with van der Waals surface area (Å²) < 4.78 is 29.9. The zero-order valence-corrected chi connectivity index (χ0v) is 10.4. The summed E-state index contributed by atoms with van der Waals surface area (Å²) in [6.07, 6.45) is 0. The molecule has 0 radical (unpaired) electrons. The maximum Gasteiger partial charge on any atom is 0.265 e. The van der Waals surface area contributed by atoms with Crippen LogP contribution in [-0.4, -0.2) is 30.3 Å². The van der Waals surface area contributed by atoms with Crippen LogP contribution in [-0.2, 0) is 10.0 Å². The van der Waals surface area contributed by atoms with Crippen LogP contribution in [0.4, 0.5) is 10.8 Å². The zero-order chi connectivity index (χ0) is 12.3. The van der Waals surface area contributed by atoms with E-state index < -0.39 is 10.0 Å². The minimum Gasteiger partial charge on any atom is -0.387 e. The molecule has 0 spiro atoms. The van der Waals surface area contributed by atoms with Crippen LogP contribution in [0.1, 0.15) is 0 Å². The Morgan fingerprint density at radius 1 is 1.29 bits per heavy atom. The van der Waals surface area contributed by atoms with E-state index >= 15 is 0 Å². The molecule has 7 nitrogen and oxygen atoms in total. The van der Waals surface area contributed by atoms with Crippen LogP contribution in [0.5, 0.6) is 0 Å². The summed E-state index contributed by atoms with van der Waals surface area (Å²) in [5.41, 5.74) is 0.512. The Kier molecular flexibility index (Phi) is 3.20. The summed E-state index contributed by atoms with van der Waals surface area (Å²) in [5, 5.41) is 9.80. The third-order valence-electron chi connectivity index (χ3n) is 1.97. The van der Waals surface area contributed by atoms with Crippen molar-refractivity contribution in [1.29, 1.82) is 0 Å². The Hall–Kier alpha value is -1.74. The van der Waals surface area contributed by atoms with E-state index in [0.717, 1.165) is 11.5 Å². The van der Waals surface area contributed by atoms with Gasteiger partial charge in [-0.25, -0.2) is 8.42 Å². The van der Waals surface area contributed by atoms with E-state index in [2.05, 4.69) is 24.8 Å². The molecule has 1 heterocycles. The molecule has 0 fully saturated rings. The number of benzene rings is 1. The standard InChI is InChI=1S/C8H9N5O2S2/c1-9-6-4-2-3-5-7(6)17(14,15)11-8-10-12-13-16-8/h2-5,9H,1H3,(H,10,11,13). The van der Waals surface area contributed by atoms with E-state index in [-0.39, 0.29) is 10.0 Å². The summed E-state index contributed by atoms with van der Waals surface area (Å²) >= 11 is 0.875. The Morgan fingerprint density at radius 2 is 2.06 bits per heavy atom. The van der Waals surface area contributed by atoms with Gasteiger partial charge >= 0.3 is 0 Å². The van der Waals surface area contributed by atoms with Crippen LogP contribution in [0.15, 0.2) is 29.2 Å². The van der Waals surface area contributed by atoms with Crippen molar-refractivity contribution in [2.45, 2.75) is 4.90 Å². The van der Waals surface area contributed by atoms with E-state index in [9.17, 15) is 8.42 Å². The molecule has 2 N–H and O–H groups in total. The molecule has 0 aliphatic heterocycles. The number of aromatic nitrogens is 3. The van der Waals surface area contributed by atoms with Gasteiger partial charge in [0.1, 0.15) is 4.90 Å². The number of sulfonamides is 1. The number of hydrogen-bond acceptors (Lipinski definition) is 7. The molecule has 0 atom stereocenters. The van der Waals surface area contributed by atoms with Crippen LogP contribution in [0.3, 0.4) is 0 Å². The molecule has 9 heteroatoms. The molecule has 2 aromatic rings. The lowest BCUT2D eigenvalue weighted by molar-refractivity contribution is 0.601. The molecule has 0 aliphatic rings. The third kappa shape index (κ3) is 2.50. The monoisotopic (exact) mass is 271 g/mol. The molecule has 0 amide bonds. The number of rotatable bonds is 4. The number of nitrogens with zero attached hydrogens (tertiary/aromatic N) is 3. The number of para-hydroxylation sites is 1. The number of nitrogens with one attached hydrogen (secondary N) is 2. The van der Waals surface area contributed by atoms with E-state index in [0.29, 0.717) is 5.69 Å². The van der Waals surface area contributed by atoms with Gasteiger partial charge in [-0.15, -0.1) is 0 Å². The molecular formula is C8H9N5O2S2. The Morgan fingerprint density at radius 3 is 2.71 bits per heavy atom. The summed E-state index contributed by atoms with van der Waals surface area (Å²) in [7, 11) is -2.02. The van der Waals surface area contributed by atoms with Crippen LogP contribution in [0.25, 0.3) is 0 Å². The highest BCUT2D eigenvalue weighted by molar-refractivity contribution is 7.93. The summed E-state index contributed by atoms with van der Waals surface area (Å²) in [5.74, 6) is 0. The second kappa shape index (κ2) is 4.63. The Balaban J connectivity index is 2.38. The van der Waals surface area contributed by atoms with Crippen molar-refractivity contribution in [1.82, 2.24) is 14.8 Å². The van der Waals surface area contributed by atoms with Gasteiger partial charge in [-0.3, -0.25) is 4.72 Å². The molecular weight excluding hydrogens is 262 g/mol. The molecule has 1 aromatic carbocycles. The topological polar surface area (TPSA) is 96.9 Å². The Labute approximate surface area is 102 Å². The van der Waals surface area contributed by atoms with Crippen molar-refractivity contribution in [3.63, 3.8) is 0 Å². The van der Waals surface area contributed by atoms with Crippen LogP contribution in [0, 0.1) is 0 Å². The predicted molar refractivity (Wildman–Crippen MR) is 64.5 cm³/mol. The fraction of sp³-hybridized carbons (Fsp3) is 0.125. The van der Waals surface area contributed by atoms with Crippen molar-refractivity contribution in [3.8, 4) is 0 Å². The smallest absolute Gasteiger partial charge is 0.265 e. The number of hydrogen-bond donors (Lipinski definition) is 2. The zero-order valence-electron chi connectivity index (χ0n) is 8.78. The van der Waals surface area contributed by atoms with Gasteiger partial charge in [-0.1, -0.05) is 21.7 Å². The van der Waals surface area contributed by atoms with Gasteiger partial charge in [0.05, 0.1) is 5.69 Å². The highest BCUT2D eigenvalue weighted by Gasteiger charge is 2.19. The van der Waals surface area contributed by atoms with Crippen molar-refractivity contribution >= 4 is 32.4 Å². The van der Waals surface area contributed by atoms with Gasteiger partial charge in [-0.2, -0.15) is 0 Å². The SMILES string of the molecule is CNc1ccccc1S(=O)(=O)Nc1nnns1. The first-order valence-corrected chi connectivity index (χ1v) is 6.84. The van der Waals surface area contributed by atoms with Crippen LogP contribution >= 0.6 is 11.5 Å². The van der Waals surface area contributed by atoms with Crippen molar-refractivity contribution in [3.05, 3.63) is 24.3 Å². The molecule has 0 unspecified atom stereocenters. The second-order valence-corrected chi connectivity index (χ2v) is 5.40. The maximum atomic E-state index is 12.0. The highest BCUT2D eigenvalue weighted by atomic mass is 32.2. The van der Waals surface area contributed by atoms with E-state index in [1.807, 2.05) is 0 Å². The largest absolute Gasteiger partial charge is 0.387 e. The lowest BCUT2D eigenvalue weighted by Gasteiger charge is -2.09. The predicted octanol–water partition coefficient (Wildman–Crippen LogP) is 0.776. The molecule has 2 rings (SSSR count). The minimum atomic E-state index is -3.67. The van der Waals surface area contributed by atoms with Crippen molar-refractivity contribution in [2.24, 2.45) is 0 Å². The van der Waals surface area contributed by atoms with Crippen LogP contribution < -0.4 is 10.0 Å². The van der Waals surface area contributed by atoms with Gasteiger partial charge < -0.3 is 5.32 Å². The Bertz CT molecular complexity index is 596. The van der Waals surface area contributed by atoms with Gasteiger partial charge in [-0.05, 0) is 17.3 Å². The second-order valence-electron chi connectivity index (χ2n) is 3.02. The normalized spacial score (nSPS) is 11.1. The average Bonchev–Trinajstić information content (AvgIpc) is 2.81. The minimum absolute atomic E-state index is 0.135. The molecule has 0 saturated carbocycles. The molecule has 0 saturated heterocycles. The van der Waals surface area contributed by atoms with Gasteiger partial charge in [0.25, 0.3) is 10.0 Å². The molecule has 1 aromatic heterocycles. The van der Waals surface area contributed by atoms with Crippen LogP contribution in [0.2, 0.25) is 0 Å². The first-order valence-electron chi connectivity index (χ1n) is 4.58. The lowest BCUT2D eigenvalue weighted by atomic mass is 10.3. The fourth-order valence-electron chi connectivity index (χ4n) is 1.25. The van der Waals surface area contributed by atoms with Crippen molar-refractivity contribution in [2.75, 3.05) is 17.1 Å². The van der Waals surface area contributed by atoms with Gasteiger partial charge in [0.2, 0.25) is 5.13 Å². The summed E-state index contributed by atoms with van der Waals surface area (Å²) in [6.45, 7) is 0. The van der Waals surface area contributed by atoms with E-state index in [1.165, 1.54) is 6.07 Å². The van der Waals surface area contributed by atoms with Gasteiger partial charge in [0, 0.05) is 18.6 Å². The summed E-state index contributed by atoms with van der Waals surface area (Å²) in [6, 6.07) is 6.57. The lowest BCUT2D eigenvalue weighted by Crippen LogP contribution is -2.14. The molecule has 90 valence electrons. The van der Waals surface area contributed by atoms with E-state index in [4.69, 9.17) is 0 Å². The van der Waals surface area contributed by atoms with Crippen molar-refractivity contribution < 1.29 is 8.42 Å². The van der Waals surface area contributed by atoms with E-state index in [1.54, 1.807) is 25.2 Å². The molecule has 0 bridgehead atoms. The first-order chi connectivity index (χ1) is 8.13. The number of anilines is 2. The molecule has 0 aliphatic carbocycles. The summed E-state index contributed by atoms with van der Waals surface area (Å²) in [4.78, 5) is 0.151. The quantitative estimate of drug-likeness (QED) is 0.852. The average molecular weight is 271 g/mol. The third-order valence-corrected chi connectivity index (χ3v) is 4.00. The maximum absolute atomic E-state index is 12.0. The first kappa shape index (κ1) is 11.7. The highest BCUT2D eigenvalue weighted by Crippen LogP contribution is 2.22.